The van der Waals surface area contributed by atoms with E-state index in [-0.39, 0.29) is 5.91 Å². The van der Waals surface area contributed by atoms with Gasteiger partial charge in [-0.25, -0.2) is 0 Å². The van der Waals surface area contributed by atoms with Crippen LogP contribution in [-0.2, 0) is 10.4 Å². The van der Waals surface area contributed by atoms with Crippen LogP contribution in [0.15, 0.2) is 48.5 Å². The normalized spacial score (nSPS) is 20.8. The molecule has 29 heavy (non-hydrogen) atoms. The molecule has 0 bridgehead atoms. The fourth-order valence-electron chi connectivity index (χ4n) is 4.48. The number of carbonyl (C=O) groups is 1. The van der Waals surface area contributed by atoms with Crippen LogP contribution in [0, 0.1) is 6.92 Å². The Labute approximate surface area is 172 Å². The van der Waals surface area contributed by atoms with Gasteiger partial charge in [0.1, 0.15) is 0 Å². The number of hydrogen-bond donors (Lipinski definition) is 2. The first-order chi connectivity index (χ1) is 13.9. The van der Waals surface area contributed by atoms with E-state index in [0.29, 0.717) is 25.8 Å². The highest BCUT2D eigenvalue weighted by molar-refractivity contribution is 5.95. The van der Waals surface area contributed by atoms with E-state index in [1.807, 2.05) is 54.3 Å². The fourth-order valence-corrected chi connectivity index (χ4v) is 4.48. The van der Waals surface area contributed by atoms with Gasteiger partial charge in [0, 0.05) is 38.3 Å². The molecule has 4 rings (SSSR count). The summed E-state index contributed by atoms with van der Waals surface area (Å²) in [5.74, 6) is 0.174. The number of anilines is 1. The van der Waals surface area contributed by atoms with E-state index in [9.17, 15) is 15.0 Å². The van der Waals surface area contributed by atoms with Crippen molar-refractivity contribution in [3.05, 3.63) is 65.2 Å². The number of aryl methyl sites for hydroxylation is 1. The van der Waals surface area contributed by atoms with Gasteiger partial charge in [0.05, 0.1) is 11.7 Å². The first-order valence-corrected chi connectivity index (χ1v) is 10.5. The van der Waals surface area contributed by atoms with Gasteiger partial charge in [0.2, 0.25) is 5.91 Å². The first kappa shape index (κ1) is 20.1. The van der Waals surface area contributed by atoms with Crippen molar-refractivity contribution in [2.45, 2.75) is 44.3 Å². The Hall–Kier alpha value is -2.21. The molecule has 2 fully saturated rings. The largest absolute Gasteiger partial charge is 0.387 e. The molecule has 2 aromatic carbocycles. The zero-order chi connectivity index (χ0) is 20.4. The smallest absolute Gasteiger partial charge is 0.227 e. The molecule has 0 saturated carbocycles. The van der Waals surface area contributed by atoms with Crippen molar-refractivity contribution in [1.82, 2.24) is 4.90 Å². The van der Waals surface area contributed by atoms with E-state index in [2.05, 4.69) is 11.0 Å². The average molecular weight is 395 g/mol. The Morgan fingerprint density at radius 2 is 1.79 bits per heavy atom. The summed E-state index contributed by atoms with van der Waals surface area (Å²) < 4.78 is 0. The molecule has 0 spiro atoms. The third-order valence-electron chi connectivity index (χ3n) is 6.33. The summed E-state index contributed by atoms with van der Waals surface area (Å²) in [5, 5.41) is 21.8. The van der Waals surface area contributed by atoms with Crippen LogP contribution >= 0.6 is 0 Å². The van der Waals surface area contributed by atoms with Gasteiger partial charge in [0.25, 0.3) is 0 Å². The van der Waals surface area contributed by atoms with Crippen LogP contribution in [0.2, 0.25) is 0 Å². The maximum Gasteiger partial charge on any atom is 0.227 e. The van der Waals surface area contributed by atoms with E-state index in [1.165, 1.54) is 0 Å². The minimum Gasteiger partial charge on any atom is -0.387 e. The molecule has 2 aliphatic rings. The standard InChI is InChI=1S/C24H30N2O3/c1-18-4-2-5-20(16-18)24(29)11-14-25(15-12-24)17-22(27)19-7-9-21(10-8-19)26-13-3-6-23(26)28/h2,4-5,7-10,16,22,27,29H,3,6,11-15,17H2,1H3. The van der Waals surface area contributed by atoms with E-state index < -0.39 is 11.7 Å². The number of carbonyl (C=O) groups excluding carboxylic acids is 1. The van der Waals surface area contributed by atoms with Gasteiger partial charge in [-0.1, -0.05) is 42.0 Å². The number of likely N-dealkylation sites (tertiary alicyclic amines) is 1. The summed E-state index contributed by atoms with van der Waals surface area (Å²) in [7, 11) is 0. The lowest BCUT2D eigenvalue weighted by Crippen LogP contribution is -2.44. The first-order valence-electron chi connectivity index (χ1n) is 10.5. The molecule has 1 unspecified atom stereocenters. The SMILES string of the molecule is Cc1cccc(C2(O)CCN(CC(O)c3ccc(N4CCCC4=O)cc3)CC2)c1. The van der Waals surface area contributed by atoms with Gasteiger partial charge >= 0.3 is 0 Å². The number of aliphatic hydroxyl groups is 2. The van der Waals surface area contributed by atoms with Gasteiger partial charge in [-0.2, -0.15) is 0 Å². The second kappa shape index (κ2) is 8.27. The molecule has 0 aromatic heterocycles. The van der Waals surface area contributed by atoms with Crippen LogP contribution in [0.4, 0.5) is 5.69 Å². The average Bonchev–Trinajstić information content (AvgIpc) is 3.16. The lowest BCUT2D eigenvalue weighted by molar-refractivity contribution is -0.117. The molecular formula is C24H30N2O3. The van der Waals surface area contributed by atoms with Crippen molar-refractivity contribution in [1.29, 1.82) is 0 Å². The lowest BCUT2D eigenvalue weighted by Gasteiger charge is -2.39. The Morgan fingerprint density at radius 1 is 1.07 bits per heavy atom. The van der Waals surface area contributed by atoms with Gasteiger partial charge in [-0.05, 0) is 49.4 Å². The van der Waals surface area contributed by atoms with Crippen molar-refractivity contribution >= 4 is 11.6 Å². The second-order valence-corrected chi connectivity index (χ2v) is 8.46. The Kier molecular flexibility index (Phi) is 5.72. The number of hydrogen-bond acceptors (Lipinski definition) is 4. The highest BCUT2D eigenvalue weighted by Gasteiger charge is 2.34. The lowest BCUT2D eigenvalue weighted by atomic mass is 9.84. The van der Waals surface area contributed by atoms with Gasteiger partial charge in [-0.3, -0.25) is 4.79 Å². The molecule has 0 aliphatic carbocycles. The summed E-state index contributed by atoms with van der Waals surface area (Å²) in [6.07, 6.45) is 2.28. The zero-order valence-corrected chi connectivity index (χ0v) is 17.1. The van der Waals surface area contributed by atoms with E-state index in [4.69, 9.17) is 0 Å². The molecular weight excluding hydrogens is 364 g/mol. The van der Waals surface area contributed by atoms with Crippen LogP contribution in [0.5, 0.6) is 0 Å². The Morgan fingerprint density at radius 3 is 2.41 bits per heavy atom. The molecule has 2 aliphatic heterocycles. The van der Waals surface area contributed by atoms with Crippen molar-refractivity contribution in [3.8, 4) is 0 Å². The monoisotopic (exact) mass is 394 g/mol. The number of β-amino-alcohol motifs (C(OH)–C–C–N with tert-alkyl or cyclic N) is 1. The number of aliphatic hydroxyl groups excluding tert-OH is 1. The Balaban J connectivity index is 1.34. The molecule has 2 heterocycles. The number of rotatable bonds is 5. The van der Waals surface area contributed by atoms with Crippen molar-refractivity contribution in [2.24, 2.45) is 0 Å². The van der Waals surface area contributed by atoms with Gasteiger partial charge in [0.15, 0.2) is 0 Å². The second-order valence-electron chi connectivity index (χ2n) is 8.46. The third kappa shape index (κ3) is 4.37. The minimum absolute atomic E-state index is 0.174. The van der Waals surface area contributed by atoms with Crippen LogP contribution in [0.3, 0.4) is 0 Å². The molecule has 154 valence electrons. The summed E-state index contributed by atoms with van der Waals surface area (Å²) in [5.41, 5.74) is 3.14. The molecule has 5 nitrogen and oxygen atoms in total. The van der Waals surface area contributed by atoms with Crippen LogP contribution in [0.25, 0.3) is 0 Å². The Bertz CT molecular complexity index is 857. The van der Waals surface area contributed by atoms with Gasteiger partial charge in [-0.15, -0.1) is 0 Å². The molecule has 1 amide bonds. The maximum atomic E-state index is 11.9. The summed E-state index contributed by atoms with van der Waals surface area (Å²) in [6.45, 7) is 4.87. The highest BCUT2D eigenvalue weighted by Crippen LogP contribution is 2.34. The predicted molar refractivity (Wildman–Crippen MR) is 114 cm³/mol. The third-order valence-corrected chi connectivity index (χ3v) is 6.33. The minimum atomic E-state index is -0.780. The van der Waals surface area contributed by atoms with Crippen molar-refractivity contribution in [3.63, 3.8) is 0 Å². The molecule has 1 atom stereocenters. The number of piperidine rings is 1. The molecule has 2 saturated heterocycles. The van der Waals surface area contributed by atoms with E-state index >= 15 is 0 Å². The van der Waals surface area contributed by atoms with Crippen LogP contribution in [0.1, 0.15) is 48.5 Å². The summed E-state index contributed by atoms with van der Waals surface area (Å²) in [4.78, 5) is 15.9. The highest BCUT2D eigenvalue weighted by atomic mass is 16.3. The fraction of sp³-hybridized carbons (Fsp3) is 0.458. The molecule has 5 heteroatoms. The summed E-state index contributed by atoms with van der Waals surface area (Å²) >= 11 is 0. The molecule has 2 aromatic rings. The number of nitrogens with zero attached hydrogens (tertiary/aromatic N) is 2. The maximum absolute atomic E-state index is 11.9. The van der Waals surface area contributed by atoms with Crippen LogP contribution < -0.4 is 4.90 Å². The van der Waals surface area contributed by atoms with Crippen molar-refractivity contribution in [2.75, 3.05) is 31.1 Å². The summed E-state index contributed by atoms with van der Waals surface area (Å²) in [6, 6.07) is 15.8. The molecule has 0 radical (unpaired) electrons. The quantitative estimate of drug-likeness (QED) is 0.818. The zero-order valence-electron chi connectivity index (χ0n) is 17.1. The topological polar surface area (TPSA) is 64.0 Å². The van der Waals surface area contributed by atoms with Gasteiger partial charge < -0.3 is 20.0 Å². The van der Waals surface area contributed by atoms with E-state index in [1.54, 1.807) is 0 Å². The van der Waals surface area contributed by atoms with Crippen LogP contribution in [-0.4, -0.2) is 47.2 Å². The predicted octanol–water partition coefficient (Wildman–Crippen LogP) is 3.14. The molecule has 2 N–H and O–H groups in total. The number of amides is 1. The van der Waals surface area contributed by atoms with E-state index in [0.717, 1.165) is 48.4 Å². The number of benzene rings is 2. The van der Waals surface area contributed by atoms with Crippen molar-refractivity contribution < 1.29 is 15.0 Å².